The van der Waals surface area contributed by atoms with Gasteiger partial charge >= 0.3 is 0 Å². The van der Waals surface area contributed by atoms with Crippen molar-refractivity contribution >= 4 is 49.4 Å². The van der Waals surface area contributed by atoms with Crippen LogP contribution in [0.2, 0.25) is 0 Å². The van der Waals surface area contributed by atoms with Crippen molar-refractivity contribution in [3.8, 4) is 11.1 Å². The molecule has 1 nitrogen and oxygen atoms in total. The van der Waals surface area contributed by atoms with Crippen molar-refractivity contribution in [3.63, 3.8) is 0 Å². The Bertz CT molecular complexity index is 2360. The zero-order chi connectivity index (χ0) is 30.7. The number of benzene rings is 7. The van der Waals surface area contributed by atoms with Gasteiger partial charge in [-0.2, -0.15) is 0 Å². The maximum atomic E-state index is 2.56. The molecule has 1 spiro atoms. The Morgan fingerprint density at radius 3 is 1.85 bits per heavy atom. The minimum absolute atomic E-state index is 0.178. The molecule has 5 aliphatic rings. The summed E-state index contributed by atoms with van der Waals surface area (Å²) in [5.41, 5.74) is 10.0. The van der Waals surface area contributed by atoms with E-state index in [0.29, 0.717) is 0 Å². The molecule has 0 aliphatic heterocycles. The van der Waals surface area contributed by atoms with Crippen LogP contribution in [0, 0.1) is 23.7 Å². The molecule has 0 atom stereocenters. The third-order valence-corrected chi connectivity index (χ3v) is 12.8. The molecule has 0 saturated heterocycles. The van der Waals surface area contributed by atoms with E-state index in [1.165, 1.54) is 92.6 Å². The van der Waals surface area contributed by atoms with Crippen molar-refractivity contribution in [2.75, 3.05) is 4.90 Å². The molecule has 0 N–H and O–H groups in total. The van der Waals surface area contributed by atoms with Crippen LogP contribution >= 0.6 is 0 Å². The van der Waals surface area contributed by atoms with Gasteiger partial charge in [0, 0.05) is 21.9 Å². The lowest BCUT2D eigenvalue weighted by molar-refractivity contribution is -0.0399. The molecule has 4 saturated carbocycles. The number of fused-ring (bicyclic) bond motifs is 7. The number of rotatable bonds is 3. The third kappa shape index (κ3) is 3.50. The third-order valence-electron chi connectivity index (χ3n) is 12.8. The van der Waals surface area contributed by atoms with Gasteiger partial charge in [-0.05, 0) is 124 Å². The van der Waals surface area contributed by atoms with Crippen LogP contribution in [0.1, 0.15) is 43.2 Å². The van der Waals surface area contributed by atoms with Crippen molar-refractivity contribution in [2.24, 2.45) is 23.7 Å². The van der Waals surface area contributed by atoms with E-state index in [4.69, 9.17) is 0 Å². The summed E-state index contributed by atoms with van der Waals surface area (Å²) in [6.45, 7) is 0. The molecule has 1 heteroatoms. The molecule has 5 aliphatic carbocycles. The summed E-state index contributed by atoms with van der Waals surface area (Å²) in [6, 6.07) is 52.9. The Labute approximate surface area is 276 Å². The fraction of sp³-hybridized carbons (Fsp3) is 0.217. The number of hydrogen-bond donors (Lipinski definition) is 0. The first-order chi connectivity index (χ1) is 23.3. The molecule has 0 aromatic heterocycles. The Kier molecular flexibility index (Phi) is 5.34. The fourth-order valence-corrected chi connectivity index (χ4v) is 11.3. The summed E-state index contributed by atoms with van der Waals surface area (Å²) in [5, 5.41) is 7.68. The first-order valence-corrected chi connectivity index (χ1v) is 17.7. The van der Waals surface area contributed by atoms with E-state index in [1.54, 1.807) is 11.1 Å². The second-order valence-corrected chi connectivity index (χ2v) is 14.9. The largest absolute Gasteiger partial charge is 0.309 e. The highest BCUT2D eigenvalue weighted by Gasteiger charge is 2.61. The monoisotopic (exact) mass is 603 g/mol. The molecule has 7 aromatic carbocycles. The minimum Gasteiger partial charge on any atom is -0.309 e. The predicted molar refractivity (Wildman–Crippen MR) is 197 cm³/mol. The summed E-state index contributed by atoms with van der Waals surface area (Å²) < 4.78 is 0. The van der Waals surface area contributed by atoms with E-state index < -0.39 is 0 Å². The van der Waals surface area contributed by atoms with Crippen LogP contribution < -0.4 is 4.90 Å². The average Bonchev–Trinajstić information content (AvgIpc) is 3.41. The van der Waals surface area contributed by atoms with Crippen LogP contribution in [0.15, 0.2) is 140 Å². The van der Waals surface area contributed by atoms with Crippen LogP contribution in [-0.4, -0.2) is 0 Å². The first-order valence-electron chi connectivity index (χ1n) is 17.7. The zero-order valence-corrected chi connectivity index (χ0v) is 26.6. The van der Waals surface area contributed by atoms with Gasteiger partial charge in [-0.15, -0.1) is 0 Å². The number of nitrogens with zero attached hydrogens (tertiary/aromatic N) is 1. The Hall–Kier alpha value is -4.88. The van der Waals surface area contributed by atoms with Gasteiger partial charge < -0.3 is 4.90 Å². The van der Waals surface area contributed by atoms with Gasteiger partial charge in [-0.3, -0.25) is 0 Å². The summed E-state index contributed by atoms with van der Waals surface area (Å²) in [7, 11) is 0. The molecule has 7 aromatic rings. The van der Waals surface area contributed by atoms with E-state index >= 15 is 0 Å². The van der Waals surface area contributed by atoms with Crippen LogP contribution in [0.5, 0.6) is 0 Å². The van der Waals surface area contributed by atoms with Gasteiger partial charge in [-0.1, -0.05) is 115 Å². The van der Waals surface area contributed by atoms with Crippen molar-refractivity contribution < 1.29 is 0 Å². The Morgan fingerprint density at radius 1 is 0.426 bits per heavy atom. The maximum absolute atomic E-state index is 2.56. The topological polar surface area (TPSA) is 3.24 Å². The Morgan fingerprint density at radius 2 is 1.04 bits per heavy atom. The van der Waals surface area contributed by atoms with Gasteiger partial charge in [0.15, 0.2) is 0 Å². The second kappa shape index (κ2) is 9.58. The predicted octanol–water partition coefficient (Wildman–Crippen LogP) is 12.3. The quantitative estimate of drug-likeness (QED) is 0.182. The highest BCUT2D eigenvalue weighted by Crippen LogP contribution is 2.69. The van der Waals surface area contributed by atoms with E-state index in [-0.39, 0.29) is 5.41 Å². The summed E-state index contributed by atoms with van der Waals surface area (Å²) >= 11 is 0. The van der Waals surface area contributed by atoms with Gasteiger partial charge in [0.25, 0.3) is 0 Å². The van der Waals surface area contributed by atoms with Gasteiger partial charge in [0.1, 0.15) is 0 Å². The van der Waals surface area contributed by atoms with Crippen molar-refractivity contribution in [3.05, 3.63) is 151 Å². The van der Waals surface area contributed by atoms with Crippen LogP contribution in [0.25, 0.3) is 43.4 Å². The normalized spacial score (nSPS) is 25.1. The van der Waals surface area contributed by atoms with Crippen LogP contribution in [0.4, 0.5) is 17.1 Å². The summed E-state index contributed by atoms with van der Waals surface area (Å²) in [6.07, 6.45) is 7.12. The molecule has 0 amide bonds. The summed E-state index contributed by atoms with van der Waals surface area (Å²) in [5.74, 6) is 3.43. The molecular formula is C46H37N. The molecule has 226 valence electrons. The highest BCUT2D eigenvalue weighted by molar-refractivity contribution is 6.15. The molecule has 0 radical (unpaired) electrons. The van der Waals surface area contributed by atoms with E-state index in [9.17, 15) is 0 Å². The standard InChI is InChI=1S/C46H37N/c1-4-14-37-31(10-1)12-9-19-44(37)47(45-27-32-11-2-3-13-36(32)38-15-5-6-17-40(38)45)35-20-21-43-41(28-35)39-16-7-8-18-42(39)46(43)33-23-29-22-30(25-33)26-34(46)24-29/h1-21,27-30,33-34H,22-26H2. The van der Waals surface area contributed by atoms with E-state index in [2.05, 4.69) is 144 Å². The van der Waals surface area contributed by atoms with E-state index in [0.717, 1.165) is 23.7 Å². The fourth-order valence-electron chi connectivity index (χ4n) is 11.3. The molecule has 4 fully saturated rings. The highest BCUT2D eigenvalue weighted by atomic mass is 15.1. The maximum Gasteiger partial charge on any atom is 0.0546 e. The van der Waals surface area contributed by atoms with Crippen LogP contribution in [-0.2, 0) is 5.41 Å². The molecular weight excluding hydrogens is 567 g/mol. The number of anilines is 3. The SMILES string of the molecule is c1ccc2c(c1)-c1cc(N(c3cccc4ccccc34)c3cc4ccccc4c4ccccc34)ccc1C21C2CC3CC(C2)CC1C3. The van der Waals surface area contributed by atoms with E-state index in [1.807, 2.05) is 0 Å². The molecule has 47 heavy (non-hydrogen) atoms. The smallest absolute Gasteiger partial charge is 0.0546 e. The Balaban J connectivity index is 1.20. The van der Waals surface area contributed by atoms with Crippen molar-refractivity contribution in [2.45, 2.75) is 37.5 Å². The minimum atomic E-state index is 0.178. The van der Waals surface area contributed by atoms with Gasteiger partial charge in [-0.25, -0.2) is 0 Å². The van der Waals surface area contributed by atoms with Gasteiger partial charge in [0.2, 0.25) is 0 Å². The number of hydrogen-bond acceptors (Lipinski definition) is 1. The first kappa shape index (κ1) is 26.2. The molecule has 4 bridgehead atoms. The molecule has 0 heterocycles. The second-order valence-electron chi connectivity index (χ2n) is 14.9. The van der Waals surface area contributed by atoms with Crippen molar-refractivity contribution in [1.82, 2.24) is 0 Å². The van der Waals surface area contributed by atoms with Crippen LogP contribution in [0.3, 0.4) is 0 Å². The van der Waals surface area contributed by atoms with Gasteiger partial charge in [0.05, 0.1) is 11.4 Å². The average molecular weight is 604 g/mol. The lowest BCUT2D eigenvalue weighted by Crippen LogP contribution is -2.55. The lowest BCUT2D eigenvalue weighted by atomic mass is 9.43. The molecule has 12 rings (SSSR count). The van der Waals surface area contributed by atoms with Crippen molar-refractivity contribution in [1.29, 1.82) is 0 Å². The molecule has 0 unspecified atom stereocenters. The summed E-state index contributed by atoms with van der Waals surface area (Å²) in [4.78, 5) is 2.56. The zero-order valence-electron chi connectivity index (χ0n) is 26.6. The lowest BCUT2D eigenvalue weighted by Gasteiger charge is -2.61.